The van der Waals surface area contributed by atoms with Crippen molar-refractivity contribution in [1.82, 2.24) is 4.90 Å². The van der Waals surface area contributed by atoms with Gasteiger partial charge in [-0.3, -0.25) is 0 Å². The lowest BCUT2D eigenvalue weighted by Gasteiger charge is -2.19. The summed E-state index contributed by atoms with van der Waals surface area (Å²) in [4.78, 5) is 2.41. The van der Waals surface area contributed by atoms with E-state index in [4.69, 9.17) is 0 Å². The van der Waals surface area contributed by atoms with Crippen LogP contribution >= 0.6 is 15.9 Å². The van der Waals surface area contributed by atoms with Gasteiger partial charge in [-0.05, 0) is 49.3 Å². The van der Waals surface area contributed by atoms with Crippen molar-refractivity contribution >= 4 is 21.6 Å². The van der Waals surface area contributed by atoms with Crippen LogP contribution in [0.2, 0.25) is 0 Å². The lowest BCUT2D eigenvalue weighted by Crippen LogP contribution is -2.21. The zero-order valence-corrected chi connectivity index (χ0v) is 13.9. The maximum Gasteiger partial charge on any atom is 0.0376 e. The van der Waals surface area contributed by atoms with Crippen molar-refractivity contribution in [2.45, 2.75) is 18.9 Å². The molecule has 1 unspecified atom stereocenters. The van der Waals surface area contributed by atoms with Gasteiger partial charge in [-0.2, -0.15) is 0 Å². The predicted molar refractivity (Wildman–Crippen MR) is 92.8 cm³/mol. The third-order valence-corrected chi connectivity index (χ3v) is 4.69. The molecule has 1 heterocycles. The normalized spacial score (nSPS) is 16.8. The molecule has 0 aromatic heterocycles. The molecule has 110 valence electrons. The van der Waals surface area contributed by atoms with E-state index in [1.807, 2.05) is 0 Å². The molecule has 0 amide bonds. The van der Waals surface area contributed by atoms with E-state index in [1.165, 1.54) is 23.2 Å². The number of hydrogen-bond donors (Lipinski definition) is 1. The molecular formula is C18H21BrN2. The molecule has 0 spiro atoms. The van der Waals surface area contributed by atoms with Crippen molar-refractivity contribution in [2.75, 3.05) is 25.5 Å². The molecule has 1 atom stereocenters. The molecule has 0 fully saturated rings. The van der Waals surface area contributed by atoms with Crippen molar-refractivity contribution in [1.29, 1.82) is 0 Å². The van der Waals surface area contributed by atoms with Crippen LogP contribution < -0.4 is 5.32 Å². The summed E-state index contributed by atoms with van der Waals surface area (Å²) in [5.74, 6) is 0.647. The number of nitrogens with zero attached hydrogens (tertiary/aromatic N) is 1. The number of anilines is 1. The van der Waals surface area contributed by atoms with E-state index in [2.05, 4.69) is 81.7 Å². The van der Waals surface area contributed by atoms with Crippen LogP contribution in [0.25, 0.3) is 0 Å². The first-order valence-corrected chi connectivity index (χ1v) is 8.27. The number of benzene rings is 2. The summed E-state index contributed by atoms with van der Waals surface area (Å²) in [6, 6.07) is 17.3. The maximum atomic E-state index is 3.51. The minimum atomic E-state index is 0.647. The third kappa shape index (κ3) is 3.66. The van der Waals surface area contributed by atoms with Crippen LogP contribution in [0.4, 0.5) is 5.69 Å². The van der Waals surface area contributed by atoms with Gasteiger partial charge in [-0.25, -0.2) is 0 Å². The van der Waals surface area contributed by atoms with E-state index in [1.54, 1.807) is 0 Å². The van der Waals surface area contributed by atoms with E-state index in [-0.39, 0.29) is 0 Å². The predicted octanol–water partition coefficient (Wildman–Crippen LogP) is 4.48. The van der Waals surface area contributed by atoms with Crippen molar-refractivity contribution < 1.29 is 0 Å². The highest BCUT2D eigenvalue weighted by molar-refractivity contribution is 9.10. The molecule has 3 rings (SSSR count). The second-order valence-electron chi connectivity index (χ2n) is 5.82. The fourth-order valence-electron chi connectivity index (χ4n) is 2.97. The number of nitrogens with one attached hydrogen (secondary N) is 1. The van der Waals surface area contributed by atoms with Crippen molar-refractivity contribution in [3.63, 3.8) is 0 Å². The van der Waals surface area contributed by atoms with Crippen molar-refractivity contribution in [3.8, 4) is 0 Å². The Kier molecular flexibility index (Phi) is 4.61. The summed E-state index contributed by atoms with van der Waals surface area (Å²) >= 11 is 3.48. The number of para-hydroxylation sites is 1. The average Bonchev–Trinajstić information content (AvgIpc) is 2.91. The van der Waals surface area contributed by atoms with Gasteiger partial charge >= 0.3 is 0 Å². The topological polar surface area (TPSA) is 15.3 Å². The van der Waals surface area contributed by atoms with Crippen LogP contribution in [-0.2, 0) is 6.54 Å². The Labute approximate surface area is 135 Å². The average molecular weight is 345 g/mol. The van der Waals surface area contributed by atoms with Crippen LogP contribution in [0.3, 0.4) is 0 Å². The molecule has 2 aromatic carbocycles. The minimum absolute atomic E-state index is 0.647. The Bertz CT molecular complexity index is 594. The molecule has 3 heteroatoms. The van der Waals surface area contributed by atoms with Crippen molar-refractivity contribution in [3.05, 3.63) is 64.1 Å². The van der Waals surface area contributed by atoms with Crippen LogP contribution in [0.1, 0.15) is 23.5 Å². The Morgan fingerprint density at radius 3 is 2.71 bits per heavy atom. The monoisotopic (exact) mass is 344 g/mol. The number of halogens is 1. The summed E-state index contributed by atoms with van der Waals surface area (Å²) < 4.78 is 1.14. The summed E-state index contributed by atoms with van der Waals surface area (Å²) in [5, 5.41) is 3.51. The minimum Gasteiger partial charge on any atom is -0.384 e. The summed E-state index contributed by atoms with van der Waals surface area (Å²) in [5.41, 5.74) is 4.17. The number of rotatable bonds is 5. The van der Waals surface area contributed by atoms with Crippen LogP contribution in [0.15, 0.2) is 53.0 Å². The van der Waals surface area contributed by atoms with Gasteiger partial charge in [0.2, 0.25) is 0 Å². The SMILES string of the molecule is CN(CCC1CNc2ccccc21)Cc1ccc(Br)cc1. The first-order valence-electron chi connectivity index (χ1n) is 7.48. The zero-order valence-electron chi connectivity index (χ0n) is 12.3. The molecule has 2 nitrogen and oxygen atoms in total. The first-order chi connectivity index (χ1) is 10.2. The van der Waals surface area contributed by atoms with Gasteiger partial charge in [-0.1, -0.05) is 46.3 Å². The summed E-state index contributed by atoms with van der Waals surface area (Å²) in [6.07, 6.45) is 1.21. The molecule has 1 aliphatic rings. The van der Waals surface area contributed by atoms with Gasteiger partial charge in [0.1, 0.15) is 0 Å². The van der Waals surface area contributed by atoms with Gasteiger partial charge in [0, 0.05) is 29.2 Å². The second-order valence-corrected chi connectivity index (χ2v) is 6.73. The van der Waals surface area contributed by atoms with E-state index in [0.29, 0.717) is 5.92 Å². The highest BCUT2D eigenvalue weighted by Crippen LogP contribution is 2.33. The molecule has 0 saturated carbocycles. The highest BCUT2D eigenvalue weighted by Gasteiger charge is 2.21. The molecule has 0 bridgehead atoms. The largest absolute Gasteiger partial charge is 0.384 e. The fraction of sp³-hybridized carbons (Fsp3) is 0.333. The lowest BCUT2D eigenvalue weighted by molar-refractivity contribution is 0.313. The van der Waals surface area contributed by atoms with E-state index in [9.17, 15) is 0 Å². The molecule has 21 heavy (non-hydrogen) atoms. The Morgan fingerprint density at radius 1 is 1.14 bits per heavy atom. The lowest BCUT2D eigenvalue weighted by atomic mass is 9.98. The van der Waals surface area contributed by atoms with E-state index < -0.39 is 0 Å². The Morgan fingerprint density at radius 2 is 1.90 bits per heavy atom. The number of hydrogen-bond acceptors (Lipinski definition) is 2. The number of fused-ring (bicyclic) bond motifs is 1. The van der Waals surface area contributed by atoms with Crippen LogP contribution in [-0.4, -0.2) is 25.0 Å². The van der Waals surface area contributed by atoms with Gasteiger partial charge in [0.05, 0.1) is 0 Å². The molecule has 1 aliphatic heterocycles. The smallest absolute Gasteiger partial charge is 0.0376 e. The van der Waals surface area contributed by atoms with Gasteiger partial charge in [-0.15, -0.1) is 0 Å². The zero-order chi connectivity index (χ0) is 14.7. The summed E-state index contributed by atoms with van der Waals surface area (Å²) in [7, 11) is 2.20. The Balaban J connectivity index is 1.52. The van der Waals surface area contributed by atoms with Crippen LogP contribution in [0.5, 0.6) is 0 Å². The quantitative estimate of drug-likeness (QED) is 0.860. The molecule has 0 saturated heterocycles. The second kappa shape index (κ2) is 6.63. The molecular weight excluding hydrogens is 324 g/mol. The highest BCUT2D eigenvalue weighted by atomic mass is 79.9. The summed E-state index contributed by atoms with van der Waals surface area (Å²) in [6.45, 7) is 3.21. The maximum absolute atomic E-state index is 3.51. The van der Waals surface area contributed by atoms with Gasteiger partial charge in [0.25, 0.3) is 0 Å². The van der Waals surface area contributed by atoms with E-state index >= 15 is 0 Å². The van der Waals surface area contributed by atoms with Gasteiger partial charge < -0.3 is 10.2 Å². The fourth-order valence-corrected chi connectivity index (χ4v) is 3.24. The van der Waals surface area contributed by atoms with Crippen molar-refractivity contribution in [2.24, 2.45) is 0 Å². The standard InChI is InChI=1S/C18H21BrN2/c1-21(13-14-6-8-16(19)9-7-14)11-10-15-12-20-18-5-3-2-4-17(15)18/h2-9,15,20H,10-13H2,1H3. The van der Waals surface area contributed by atoms with Gasteiger partial charge in [0.15, 0.2) is 0 Å². The van der Waals surface area contributed by atoms with E-state index in [0.717, 1.165) is 24.1 Å². The van der Waals surface area contributed by atoms with Crippen LogP contribution in [0, 0.1) is 0 Å². The molecule has 0 aliphatic carbocycles. The Hall–Kier alpha value is -1.32. The third-order valence-electron chi connectivity index (χ3n) is 4.16. The molecule has 1 N–H and O–H groups in total. The molecule has 0 radical (unpaired) electrons. The first kappa shape index (κ1) is 14.6. The molecule has 2 aromatic rings.